The Labute approximate surface area is 204 Å². The number of allylic oxidation sites excluding steroid dienone is 3. The lowest BCUT2D eigenvalue weighted by Gasteiger charge is -2.41. The first-order valence-corrected chi connectivity index (χ1v) is 12.7. The first-order valence-electron chi connectivity index (χ1n) is 12.7. The fourth-order valence-electron chi connectivity index (χ4n) is 5.70. The molecule has 3 aliphatic rings. The van der Waals surface area contributed by atoms with Crippen LogP contribution < -0.4 is 15.5 Å². The third kappa shape index (κ3) is 5.54. The van der Waals surface area contributed by atoms with Gasteiger partial charge in [-0.15, -0.1) is 0 Å². The maximum atomic E-state index is 13.7. The highest BCUT2D eigenvalue weighted by molar-refractivity contribution is 6.01. The van der Waals surface area contributed by atoms with Crippen LogP contribution >= 0.6 is 0 Å². The second kappa shape index (κ2) is 10.3. The van der Waals surface area contributed by atoms with E-state index in [-0.39, 0.29) is 29.7 Å². The zero-order chi connectivity index (χ0) is 24.3. The lowest BCUT2D eigenvalue weighted by Crippen LogP contribution is -2.50. The molecule has 6 heteroatoms. The molecule has 0 fully saturated rings. The number of Topliss-reactive ketones (excluding diaryl/α,β-unsaturated/α-hetero) is 1. The number of benzene rings is 1. The van der Waals surface area contributed by atoms with Gasteiger partial charge in [0.25, 0.3) is 0 Å². The van der Waals surface area contributed by atoms with Crippen LogP contribution in [0.3, 0.4) is 0 Å². The summed E-state index contributed by atoms with van der Waals surface area (Å²) in [5.74, 6) is 0.537. The number of para-hydroxylation sites is 2. The third-order valence-corrected chi connectivity index (χ3v) is 7.22. The van der Waals surface area contributed by atoms with Crippen LogP contribution in [0.25, 0.3) is 0 Å². The molecule has 4 rings (SSSR count). The molecule has 2 atom stereocenters. The third-order valence-electron chi connectivity index (χ3n) is 7.22. The van der Waals surface area contributed by atoms with Crippen molar-refractivity contribution in [2.24, 2.45) is 11.3 Å². The summed E-state index contributed by atoms with van der Waals surface area (Å²) in [6.45, 7) is 6.19. The van der Waals surface area contributed by atoms with E-state index in [2.05, 4.69) is 58.6 Å². The number of nitrogens with one attached hydrogen (secondary N) is 2. The molecule has 0 saturated heterocycles. The first-order chi connectivity index (χ1) is 16.2. The fraction of sp³-hybridized carbons (Fsp3) is 0.571. The van der Waals surface area contributed by atoms with Crippen LogP contribution in [0.5, 0.6) is 0 Å². The molecule has 6 nitrogen and oxygen atoms in total. The maximum absolute atomic E-state index is 13.7. The summed E-state index contributed by atoms with van der Waals surface area (Å²) < 4.78 is 0. The number of nitrogens with zero attached hydrogens (tertiary/aromatic N) is 2. The van der Waals surface area contributed by atoms with Gasteiger partial charge in [0.1, 0.15) is 0 Å². The van der Waals surface area contributed by atoms with Gasteiger partial charge >= 0.3 is 0 Å². The predicted octanol–water partition coefficient (Wildman–Crippen LogP) is 4.35. The van der Waals surface area contributed by atoms with E-state index in [1.807, 2.05) is 26.2 Å². The molecule has 1 amide bonds. The van der Waals surface area contributed by atoms with Gasteiger partial charge < -0.3 is 20.4 Å². The van der Waals surface area contributed by atoms with Gasteiger partial charge in [0.05, 0.1) is 24.0 Å². The highest BCUT2D eigenvalue weighted by atomic mass is 16.2. The van der Waals surface area contributed by atoms with Crippen molar-refractivity contribution < 1.29 is 9.59 Å². The normalized spacial score (nSPS) is 23.8. The first kappa shape index (κ1) is 24.5. The highest BCUT2D eigenvalue weighted by Gasteiger charge is 2.43. The Morgan fingerprint density at radius 2 is 2.00 bits per heavy atom. The van der Waals surface area contributed by atoms with Gasteiger partial charge in [-0.3, -0.25) is 9.59 Å². The van der Waals surface area contributed by atoms with Gasteiger partial charge in [0.15, 0.2) is 5.78 Å². The van der Waals surface area contributed by atoms with Crippen molar-refractivity contribution >= 4 is 23.1 Å². The predicted molar refractivity (Wildman–Crippen MR) is 139 cm³/mol. The lowest BCUT2D eigenvalue weighted by atomic mass is 9.71. The minimum atomic E-state index is -0.104. The van der Waals surface area contributed by atoms with Gasteiger partial charge in [-0.05, 0) is 76.2 Å². The molecule has 1 aliphatic heterocycles. The molecule has 1 heterocycles. The molecule has 184 valence electrons. The van der Waals surface area contributed by atoms with Crippen LogP contribution in [-0.4, -0.2) is 56.4 Å². The van der Waals surface area contributed by atoms with Crippen LogP contribution in [0.1, 0.15) is 52.4 Å². The van der Waals surface area contributed by atoms with Crippen LogP contribution in [0.2, 0.25) is 0 Å². The molecular weight excluding hydrogens is 424 g/mol. The molecule has 0 bridgehead atoms. The maximum Gasteiger partial charge on any atom is 0.239 e. The molecule has 2 unspecified atom stereocenters. The topological polar surface area (TPSA) is 64.7 Å². The zero-order valence-electron chi connectivity index (χ0n) is 21.2. The minimum absolute atomic E-state index is 0.0116. The van der Waals surface area contributed by atoms with Crippen LogP contribution in [0.4, 0.5) is 11.4 Å². The second-order valence-electron chi connectivity index (χ2n) is 11.1. The quantitative estimate of drug-likeness (QED) is 0.464. The Hall–Kier alpha value is -2.60. The summed E-state index contributed by atoms with van der Waals surface area (Å²) in [7, 11) is 4.08. The fourth-order valence-corrected chi connectivity index (χ4v) is 5.70. The molecule has 0 spiro atoms. The van der Waals surface area contributed by atoms with E-state index in [0.29, 0.717) is 18.9 Å². The Morgan fingerprint density at radius 3 is 2.74 bits per heavy atom. The van der Waals surface area contributed by atoms with Crippen LogP contribution in [0, 0.1) is 11.3 Å². The summed E-state index contributed by atoms with van der Waals surface area (Å²) >= 11 is 0. The molecule has 2 aliphatic carbocycles. The van der Waals surface area contributed by atoms with E-state index in [1.54, 1.807) is 0 Å². The van der Waals surface area contributed by atoms with E-state index in [0.717, 1.165) is 61.3 Å². The average molecular weight is 465 g/mol. The summed E-state index contributed by atoms with van der Waals surface area (Å²) in [5.41, 5.74) is 3.85. The number of rotatable bonds is 7. The SMILES string of the molecule is CN(C)CCCNC(=O)CN1c2ccccc2NC2=C(C(=O)CC(C)(C)C2)C1C1CC=CCC1. The number of hydrogen-bond acceptors (Lipinski definition) is 5. The Bertz CT molecular complexity index is 978. The van der Waals surface area contributed by atoms with Gasteiger partial charge in [-0.2, -0.15) is 0 Å². The molecule has 1 aromatic carbocycles. The van der Waals surface area contributed by atoms with Crippen molar-refractivity contribution in [3.63, 3.8) is 0 Å². The van der Waals surface area contributed by atoms with Crippen molar-refractivity contribution in [2.75, 3.05) is 43.9 Å². The number of hydrogen-bond donors (Lipinski definition) is 2. The summed E-state index contributed by atoms with van der Waals surface area (Å²) in [6.07, 6.45) is 9.76. The smallest absolute Gasteiger partial charge is 0.239 e. The van der Waals surface area contributed by atoms with Gasteiger partial charge in [0, 0.05) is 24.2 Å². The van der Waals surface area contributed by atoms with E-state index >= 15 is 0 Å². The summed E-state index contributed by atoms with van der Waals surface area (Å²) in [6, 6.07) is 8.09. The van der Waals surface area contributed by atoms with Crippen LogP contribution in [-0.2, 0) is 9.59 Å². The monoisotopic (exact) mass is 464 g/mol. The Kier molecular flexibility index (Phi) is 7.46. The van der Waals surface area contributed by atoms with E-state index in [9.17, 15) is 9.59 Å². The molecule has 0 radical (unpaired) electrons. The standard InChI is InChI=1S/C28H40N4O2/c1-28(2)17-22-26(24(33)18-28)27(20-11-6-5-7-12-20)32(23-14-9-8-13-21(23)30-22)19-25(34)29-15-10-16-31(3)4/h5-6,8-9,13-14,20,27,30H,7,10-12,15-19H2,1-4H3,(H,29,34). The minimum Gasteiger partial charge on any atom is -0.357 e. The van der Waals surface area contributed by atoms with E-state index in [1.165, 1.54) is 0 Å². The van der Waals surface area contributed by atoms with Crippen molar-refractivity contribution in [2.45, 2.75) is 58.4 Å². The molecule has 2 N–H and O–H groups in total. The molecule has 1 aromatic rings. The van der Waals surface area contributed by atoms with Gasteiger partial charge in [0.2, 0.25) is 5.91 Å². The van der Waals surface area contributed by atoms with E-state index in [4.69, 9.17) is 0 Å². The number of anilines is 2. The Balaban J connectivity index is 1.70. The van der Waals surface area contributed by atoms with Gasteiger partial charge in [-0.1, -0.05) is 38.1 Å². The molecular formula is C28H40N4O2. The molecule has 0 saturated carbocycles. The number of carbonyl (C=O) groups is 2. The lowest BCUT2D eigenvalue weighted by molar-refractivity contribution is -0.121. The second-order valence-corrected chi connectivity index (χ2v) is 11.1. The van der Waals surface area contributed by atoms with E-state index < -0.39 is 0 Å². The van der Waals surface area contributed by atoms with Crippen molar-refractivity contribution in [1.29, 1.82) is 0 Å². The number of amides is 1. The van der Waals surface area contributed by atoms with Gasteiger partial charge in [-0.25, -0.2) is 0 Å². The number of carbonyl (C=O) groups excluding carboxylic acids is 2. The molecule has 34 heavy (non-hydrogen) atoms. The van der Waals surface area contributed by atoms with Crippen molar-refractivity contribution in [3.05, 3.63) is 47.7 Å². The molecule has 0 aromatic heterocycles. The number of fused-ring (bicyclic) bond motifs is 1. The largest absolute Gasteiger partial charge is 0.357 e. The summed E-state index contributed by atoms with van der Waals surface area (Å²) in [4.78, 5) is 31.1. The van der Waals surface area contributed by atoms with Crippen LogP contribution in [0.15, 0.2) is 47.7 Å². The van der Waals surface area contributed by atoms with Crippen molar-refractivity contribution in [3.8, 4) is 0 Å². The number of ketones is 1. The zero-order valence-corrected chi connectivity index (χ0v) is 21.2. The average Bonchev–Trinajstić information content (AvgIpc) is 2.91. The highest BCUT2D eigenvalue weighted by Crippen LogP contribution is 2.46. The van der Waals surface area contributed by atoms with Crippen molar-refractivity contribution in [1.82, 2.24) is 10.2 Å². The summed E-state index contributed by atoms with van der Waals surface area (Å²) in [5, 5.41) is 6.76. The Morgan fingerprint density at radius 1 is 1.21 bits per heavy atom.